The van der Waals surface area contributed by atoms with Gasteiger partial charge >= 0.3 is 0 Å². The summed E-state index contributed by atoms with van der Waals surface area (Å²) < 4.78 is 28.1. The minimum atomic E-state index is -4.01. The van der Waals surface area contributed by atoms with Gasteiger partial charge in [0.05, 0.1) is 10.6 Å². The molecule has 1 amide bonds. The Balaban J connectivity index is 1.70. The van der Waals surface area contributed by atoms with E-state index in [2.05, 4.69) is 5.32 Å². The fourth-order valence-electron chi connectivity index (χ4n) is 3.30. The molecule has 0 bridgehead atoms. The number of anilines is 1. The largest absolute Gasteiger partial charge is 0.354 e. The van der Waals surface area contributed by atoms with E-state index in [-0.39, 0.29) is 11.4 Å². The van der Waals surface area contributed by atoms with Crippen molar-refractivity contribution < 1.29 is 13.2 Å². The van der Waals surface area contributed by atoms with Gasteiger partial charge in [-0.25, -0.2) is 8.42 Å². The molecule has 186 valence electrons. The Morgan fingerprint density at radius 1 is 0.914 bits per heavy atom. The van der Waals surface area contributed by atoms with Gasteiger partial charge in [0.15, 0.2) is 0 Å². The van der Waals surface area contributed by atoms with Crippen molar-refractivity contribution in [3.63, 3.8) is 0 Å². The number of nitrogens with zero attached hydrogens (tertiary/aromatic N) is 1. The van der Waals surface area contributed by atoms with Gasteiger partial charge in [-0.2, -0.15) is 11.8 Å². The second-order valence-electron chi connectivity index (χ2n) is 7.81. The summed E-state index contributed by atoms with van der Waals surface area (Å²) in [5.41, 5.74) is 2.71. The van der Waals surface area contributed by atoms with Gasteiger partial charge in [0.2, 0.25) is 5.91 Å². The number of halogens is 3. The fourth-order valence-corrected chi connectivity index (χ4v) is 6.54. The number of thioether (sulfide) groups is 1. The summed E-state index contributed by atoms with van der Waals surface area (Å²) in [5, 5.41) is 4.42. The van der Waals surface area contributed by atoms with Crippen molar-refractivity contribution in [3.05, 3.63) is 92.4 Å². The number of benzene rings is 3. The van der Waals surface area contributed by atoms with Crippen LogP contribution >= 0.6 is 46.6 Å². The summed E-state index contributed by atoms with van der Waals surface area (Å²) in [7, 11) is -4.01. The maximum Gasteiger partial charge on any atom is 0.264 e. The van der Waals surface area contributed by atoms with E-state index < -0.39 is 15.9 Å². The molecule has 3 rings (SSSR count). The number of hydrogen-bond acceptors (Lipinski definition) is 4. The van der Waals surface area contributed by atoms with Gasteiger partial charge < -0.3 is 5.32 Å². The molecule has 0 unspecified atom stereocenters. The van der Waals surface area contributed by atoms with E-state index in [1.54, 1.807) is 67.2 Å². The molecule has 1 N–H and O–H groups in total. The van der Waals surface area contributed by atoms with E-state index in [4.69, 9.17) is 34.8 Å². The molecular weight excluding hydrogens is 547 g/mol. The molecule has 3 aromatic rings. The predicted octanol–water partition coefficient (Wildman–Crippen LogP) is 6.51. The quantitative estimate of drug-likeness (QED) is 0.282. The molecule has 0 atom stereocenters. The summed E-state index contributed by atoms with van der Waals surface area (Å²) >= 11 is 20.2. The van der Waals surface area contributed by atoms with E-state index in [0.29, 0.717) is 44.4 Å². The van der Waals surface area contributed by atoms with Crippen LogP contribution in [0.1, 0.15) is 16.7 Å². The standard InChI is InChI=1S/C25H25Cl3N2O3S2/c1-17-9-11-19(12-10-17)35(32,33)30(24-8-4-5-21(26)18(24)2)15-25(31)29-13-14-34-16-20-22(27)6-3-7-23(20)28/h3-12H,13-16H2,1-2H3,(H,29,31). The lowest BCUT2D eigenvalue weighted by molar-refractivity contribution is -0.119. The fraction of sp³-hybridized carbons (Fsp3) is 0.240. The van der Waals surface area contributed by atoms with Crippen LogP contribution in [-0.2, 0) is 20.6 Å². The summed E-state index contributed by atoms with van der Waals surface area (Å²) in [6.45, 7) is 3.58. The highest BCUT2D eigenvalue weighted by atomic mass is 35.5. The SMILES string of the molecule is Cc1ccc(S(=O)(=O)N(CC(=O)NCCSCc2c(Cl)cccc2Cl)c2cccc(Cl)c2C)cc1. The van der Waals surface area contributed by atoms with Gasteiger partial charge in [-0.05, 0) is 61.4 Å². The first-order valence-electron chi connectivity index (χ1n) is 10.7. The molecule has 0 aromatic heterocycles. The van der Waals surface area contributed by atoms with Crippen molar-refractivity contribution in [2.24, 2.45) is 0 Å². The molecule has 5 nitrogen and oxygen atoms in total. The van der Waals surface area contributed by atoms with Crippen LogP contribution in [0.15, 0.2) is 65.6 Å². The topological polar surface area (TPSA) is 66.5 Å². The Labute approximate surface area is 225 Å². The second-order valence-corrected chi connectivity index (χ2v) is 12.0. The third kappa shape index (κ3) is 7.08. The van der Waals surface area contributed by atoms with Crippen LogP contribution in [0.25, 0.3) is 0 Å². The first-order valence-corrected chi connectivity index (χ1v) is 14.5. The zero-order chi connectivity index (χ0) is 25.6. The second kappa shape index (κ2) is 12.4. The third-order valence-corrected chi connectivity index (χ3v) is 9.16. The van der Waals surface area contributed by atoms with Crippen molar-refractivity contribution in [2.75, 3.05) is 23.1 Å². The molecule has 0 saturated carbocycles. The maximum absolute atomic E-state index is 13.5. The normalized spacial score (nSPS) is 11.3. The number of hydrogen-bond donors (Lipinski definition) is 1. The summed E-state index contributed by atoms with van der Waals surface area (Å²) in [5.74, 6) is 0.787. The molecule has 3 aromatic carbocycles. The van der Waals surface area contributed by atoms with Gasteiger partial charge in [0, 0.05) is 33.1 Å². The highest BCUT2D eigenvalue weighted by Crippen LogP contribution is 2.31. The molecule has 0 fully saturated rings. The van der Waals surface area contributed by atoms with Crippen LogP contribution < -0.4 is 9.62 Å². The van der Waals surface area contributed by atoms with Crippen LogP contribution in [0.3, 0.4) is 0 Å². The van der Waals surface area contributed by atoms with Gasteiger partial charge in [0.1, 0.15) is 6.54 Å². The molecule has 0 spiro atoms. The van der Waals surface area contributed by atoms with Gasteiger partial charge in [-0.3, -0.25) is 9.10 Å². The molecule has 0 aliphatic carbocycles. The van der Waals surface area contributed by atoms with E-state index in [0.717, 1.165) is 15.4 Å². The average Bonchev–Trinajstić information content (AvgIpc) is 2.81. The number of carbonyl (C=O) groups excluding carboxylic acids is 1. The van der Waals surface area contributed by atoms with Crippen molar-refractivity contribution in [1.82, 2.24) is 5.32 Å². The number of nitrogens with one attached hydrogen (secondary N) is 1. The lowest BCUT2D eigenvalue weighted by Gasteiger charge is -2.26. The molecular formula is C25H25Cl3N2O3S2. The Morgan fingerprint density at radius 2 is 1.51 bits per heavy atom. The lowest BCUT2D eigenvalue weighted by atomic mass is 10.2. The molecule has 0 aliphatic heterocycles. The number of aryl methyl sites for hydroxylation is 1. The monoisotopic (exact) mass is 570 g/mol. The van der Waals surface area contributed by atoms with Crippen molar-refractivity contribution in [3.8, 4) is 0 Å². The minimum Gasteiger partial charge on any atom is -0.354 e. The number of amides is 1. The number of rotatable bonds is 10. The molecule has 35 heavy (non-hydrogen) atoms. The Hall–Kier alpha value is -1.90. The first kappa shape index (κ1) is 27.7. The highest BCUT2D eigenvalue weighted by Gasteiger charge is 2.28. The summed E-state index contributed by atoms with van der Waals surface area (Å²) in [6, 6.07) is 16.9. The number of carbonyl (C=O) groups is 1. The van der Waals surface area contributed by atoms with E-state index >= 15 is 0 Å². The zero-order valence-electron chi connectivity index (χ0n) is 19.2. The average molecular weight is 572 g/mol. The summed E-state index contributed by atoms with van der Waals surface area (Å²) in [6.07, 6.45) is 0. The smallest absolute Gasteiger partial charge is 0.264 e. The molecule has 0 radical (unpaired) electrons. The maximum atomic E-state index is 13.5. The van der Waals surface area contributed by atoms with E-state index in [9.17, 15) is 13.2 Å². The van der Waals surface area contributed by atoms with Gasteiger partial charge in [0.25, 0.3) is 10.0 Å². The van der Waals surface area contributed by atoms with Crippen molar-refractivity contribution in [2.45, 2.75) is 24.5 Å². The summed E-state index contributed by atoms with van der Waals surface area (Å²) in [4.78, 5) is 12.9. The highest BCUT2D eigenvalue weighted by molar-refractivity contribution is 7.98. The molecule has 0 saturated heterocycles. The molecule has 10 heteroatoms. The minimum absolute atomic E-state index is 0.0995. The predicted molar refractivity (Wildman–Crippen MR) is 148 cm³/mol. The molecule has 0 heterocycles. The third-order valence-electron chi connectivity index (χ3n) is 5.28. The Bertz CT molecular complexity index is 1280. The van der Waals surface area contributed by atoms with E-state index in [1.165, 1.54) is 12.1 Å². The van der Waals surface area contributed by atoms with E-state index in [1.807, 2.05) is 6.92 Å². The zero-order valence-corrected chi connectivity index (χ0v) is 23.1. The van der Waals surface area contributed by atoms with Gasteiger partial charge in [-0.15, -0.1) is 0 Å². The first-order chi connectivity index (χ1) is 16.6. The molecule has 0 aliphatic rings. The number of sulfonamides is 1. The van der Waals surface area contributed by atoms with Crippen LogP contribution in [0.5, 0.6) is 0 Å². The van der Waals surface area contributed by atoms with Crippen molar-refractivity contribution >= 4 is 68.2 Å². The van der Waals surface area contributed by atoms with Crippen LogP contribution in [0, 0.1) is 13.8 Å². The lowest BCUT2D eigenvalue weighted by Crippen LogP contribution is -2.41. The van der Waals surface area contributed by atoms with Crippen LogP contribution in [0.2, 0.25) is 15.1 Å². The Morgan fingerprint density at radius 3 is 2.17 bits per heavy atom. The van der Waals surface area contributed by atoms with Gasteiger partial charge in [-0.1, -0.05) is 64.6 Å². The van der Waals surface area contributed by atoms with Crippen molar-refractivity contribution in [1.29, 1.82) is 0 Å². The van der Waals surface area contributed by atoms with Crippen LogP contribution in [-0.4, -0.2) is 33.2 Å². The Kier molecular flexibility index (Phi) is 9.78. The van der Waals surface area contributed by atoms with Crippen LogP contribution in [0.4, 0.5) is 5.69 Å².